The molecule has 2 aromatic carbocycles. The molecule has 0 saturated carbocycles. The number of nitrogens with one attached hydrogen (secondary N) is 1. The SMILES string of the molecule is CNc1c2ccc(F)cc2nc2c1cnc1ccccc12. The summed E-state index contributed by atoms with van der Waals surface area (Å²) in [6.45, 7) is 0. The van der Waals surface area contributed by atoms with Crippen LogP contribution in [-0.2, 0) is 0 Å². The van der Waals surface area contributed by atoms with Crippen molar-refractivity contribution in [2.45, 2.75) is 0 Å². The summed E-state index contributed by atoms with van der Waals surface area (Å²) in [5, 5.41) is 6.00. The van der Waals surface area contributed by atoms with E-state index in [1.54, 1.807) is 6.07 Å². The standard InChI is InChI=1S/C17H12FN3/c1-19-16-12-7-6-10(18)8-15(12)21-17-11-4-2-3-5-14(11)20-9-13(16)17/h2-9H,1H3,(H,19,21). The van der Waals surface area contributed by atoms with Crippen molar-refractivity contribution in [2.75, 3.05) is 12.4 Å². The van der Waals surface area contributed by atoms with Crippen LogP contribution < -0.4 is 5.32 Å². The second kappa shape index (κ2) is 4.38. The lowest BCUT2D eigenvalue weighted by Gasteiger charge is -2.11. The average molecular weight is 277 g/mol. The molecule has 1 N–H and O–H groups in total. The van der Waals surface area contributed by atoms with Gasteiger partial charge in [-0.25, -0.2) is 9.37 Å². The average Bonchev–Trinajstić information content (AvgIpc) is 2.52. The van der Waals surface area contributed by atoms with Crippen LogP contribution in [0.5, 0.6) is 0 Å². The lowest BCUT2D eigenvalue weighted by molar-refractivity contribution is 0.629. The van der Waals surface area contributed by atoms with Gasteiger partial charge in [-0.1, -0.05) is 18.2 Å². The fourth-order valence-corrected chi connectivity index (χ4v) is 2.77. The first-order valence-corrected chi connectivity index (χ1v) is 6.72. The van der Waals surface area contributed by atoms with Crippen molar-refractivity contribution in [1.82, 2.24) is 9.97 Å². The molecular weight excluding hydrogens is 265 g/mol. The molecule has 0 radical (unpaired) electrons. The summed E-state index contributed by atoms with van der Waals surface area (Å²) in [7, 11) is 1.85. The van der Waals surface area contributed by atoms with Crippen molar-refractivity contribution in [3.63, 3.8) is 0 Å². The molecule has 0 aliphatic rings. The van der Waals surface area contributed by atoms with Crippen molar-refractivity contribution >= 4 is 38.4 Å². The lowest BCUT2D eigenvalue weighted by Crippen LogP contribution is -1.96. The first kappa shape index (κ1) is 12.0. The highest BCUT2D eigenvalue weighted by molar-refractivity contribution is 6.14. The molecule has 0 saturated heterocycles. The predicted octanol–water partition coefficient (Wildman–Crippen LogP) is 4.12. The fourth-order valence-electron chi connectivity index (χ4n) is 2.77. The monoisotopic (exact) mass is 277 g/mol. The lowest BCUT2D eigenvalue weighted by atomic mass is 10.1. The van der Waals surface area contributed by atoms with E-state index in [0.717, 1.165) is 32.9 Å². The molecule has 0 amide bonds. The Kier molecular flexibility index (Phi) is 2.51. The number of hydrogen-bond donors (Lipinski definition) is 1. The van der Waals surface area contributed by atoms with E-state index in [1.807, 2.05) is 37.5 Å². The smallest absolute Gasteiger partial charge is 0.125 e. The van der Waals surface area contributed by atoms with Gasteiger partial charge in [0.25, 0.3) is 0 Å². The minimum atomic E-state index is -0.283. The van der Waals surface area contributed by atoms with Crippen LogP contribution in [0, 0.1) is 5.82 Å². The van der Waals surface area contributed by atoms with E-state index in [4.69, 9.17) is 0 Å². The number of anilines is 1. The van der Waals surface area contributed by atoms with Gasteiger partial charge in [0.1, 0.15) is 5.82 Å². The molecule has 4 aromatic rings. The Morgan fingerprint density at radius 1 is 0.952 bits per heavy atom. The van der Waals surface area contributed by atoms with Gasteiger partial charge in [-0.15, -0.1) is 0 Å². The summed E-state index contributed by atoms with van der Waals surface area (Å²) in [4.78, 5) is 9.14. The van der Waals surface area contributed by atoms with Crippen LogP contribution in [0.25, 0.3) is 32.7 Å². The molecule has 2 heterocycles. The third kappa shape index (κ3) is 1.72. The number of pyridine rings is 2. The molecule has 4 rings (SSSR count). The topological polar surface area (TPSA) is 37.8 Å². The molecule has 2 aromatic heterocycles. The van der Waals surface area contributed by atoms with E-state index in [9.17, 15) is 4.39 Å². The highest BCUT2D eigenvalue weighted by Crippen LogP contribution is 2.33. The van der Waals surface area contributed by atoms with Gasteiger partial charge < -0.3 is 5.32 Å². The Morgan fingerprint density at radius 3 is 2.67 bits per heavy atom. The molecule has 4 heteroatoms. The van der Waals surface area contributed by atoms with Crippen molar-refractivity contribution in [3.05, 3.63) is 54.5 Å². The quantitative estimate of drug-likeness (QED) is 0.420. The van der Waals surface area contributed by atoms with E-state index in [0.29, 0.717) is 5.52 Å². The molecule has 0 bridgehead atoms. The maximum Gasteiger partial charge on any atom is 0.125 e. The zero-order valence-electron chi connectivity index (χ0n) is 11.4. The van der Waals surface area contributed by atoms with Crippen molar-refractivity contribution in [2.24, 2.45) is 0 Å². The van der Waals surface area contributed by atoms with Crippen LogP contribution in [0.3, 0.4) is 0 Å². The molecule has 0 aliphatic carbocycles. The molecule has 102 valence electrons. The second-order valence-electron chi connectivity index (χ2n) is 4.94. The molecule has 3 nitrogen and oxygen atoms in total. The first-order chi connectivity index (χ1) is 10.3. The third-order valence-corrected chi connectivity index (χ3v) is 3.73. The van der Waals surface area contributed by atoms with Gasteiger partial charge >= 0.3 is 0 Å². The Morgan fingerprint density at radius 2 is 1.81 bits per heavy atom. The van der Waals surface area contributed by atoms with Crippen molar-refractivity contribution in [3.8, 4) is 0 Å². The Balaban J connectivity index is 2.28. The van der Waals surface area contributed by atoms with Gasteiger partial charge in [-0.3, -0.25) is 4.98 Å². The van der Waals surface area contributed by atoms with E-state index in [-0.39, 0.29) is 5.82 Å². The molecule has 0 atom stereocenters. The normalized spacial score (nSPS) is 11.3. The fraction of sp³-hybridized carbons (Fsp3) is 0.0588. The van der Waals surface area contributed by atoms with Crippen LogP contribution in [0.1, 0.15) is 0 Å². The number of halogens is 1. The van der Waals surface area contributed by atoms with Gasteiger partial charge in [0.05, 0.1) is 22.2 Å². The molecule has 21 heavy (non-hydrogen) atoms. The van der Waals surface area contributed by atoms with Crippen LogP contribution in [0.4, 0.5) is 10.1 Å². The highest BCUT2D eigenvalue weighted by atomic mass is 19.1. The van der Waals surface area contributed by atoms with E-state index < -0.39 is 0 Å². The van der Waals surface area contributed by atoms with Gasteiger partial charge in [-0.05, 0) is 18.2 Å². The zero-order chi connectivity index (χ0) is 14.4. The van der Waals surface area contributed by atoms with Gasteiger partial charge in [-0.2, -0.15) is 0 Å². The minimum absolute atomic E-state index is 0.283. The van der Waals surface area contributed by atoms with Crippen LogP contribution >= 0.6 is 0 Å². The molecule has 0 spiro atoms. The third-order valence-electron chi connectivity index (χ3n) is 3.73. The largest absolute Gasteiger partial charge is 0.387 e. The zero-order valence-corrected chi connectivity index (χ0v) is 11.4. The summed E-state index contributed by atoms with van der Waals surface area (Å²) in [5.41, 5.74) is 3.29. The first-order valence-electron chi connectivity index (χ1n) is 6.72. The van der Waals surface area contributed by atoms with Crippen LogP contribution in [-0.4, -0.2) is 17.0 Å². The highest BCUT2D eigenvalue weighted by Gasteiger charge is 2.11. The number of benzene rings is 2. The number of nitrogens with zero attached hydrogens (tertiary/aromatic N) is 2. The maximum atomic E-state index is 13.5. The number of aromatic nitrogens is 2. The number of para-hydroxylation sites is 1. The molecule has 0 unspecified atom stereocenters. The Hall–Kier alpha value is -2.75. The van der Waals surface area contributed by atoms with E-state index >= 15 is 0 Å². The molecule has 0 fully saturated rings. The predicted molar refractivity (Wildman–Crippen MR) is 84.1 cm³/mol. The van der Waals surface area contributed by atoms with Crippen LogP contribution in [0.2, 0.25) is 0 Å². The van der Waals surface area contributed by atoms with E-state index in [1.165, 1.54) is 12.1 Å². The number of fused-ring (bicyclic) bond motifs is 4. The summed E-state index contributed by atoms with van der Waals surface area (Å²) in [6.07, 6.45) is 1.82. The summed E-state index contributed by atoms with van der Waals surface area (Å²) in [5.74, 6) is -0.283. The summed E-state index contributed by atoms with van der Waals surface area (Å²) >= 11 is 0. The maximum absolute atomic E-state index is 13.5. The van der Waals surface area contributed by atoms with Crippen LogP contribution in [0.15, 0.2) is 48.7 Å². The molecule has 0 aliphatic heterocycles. The van der Waals surface area contributed by atoms with Gasteiger partial charge in [0, 0.05) is 35.5 Å². The van der Waals surface area contributed by atoms with Crippen molar-refractivity contribution in [1.29, 1.82) is 0 Å². The van der Waals surface area contributed by atoms with E-state index in [2.05, 4.69) is 15.3 Å². The Labute approximate surface area is 120 Å². The number of hydrogen-bond acceptors (Lipinski definition) is 3. The Bertz CT molecular complexity index is 995. The number of rotatable bonds is 1. The summed E-state index contributed by atoms with van der Waals surface area (Å²) in [6, 6.07) is 12.5. The minimum Gasteiger partial charge on any atom is -0.387 e. The summed E-state index contributed by atoms with van der Waals surface area (Å²) < 4.78 is 13.5. The van der Waals surface area contributed by atoms with Gasteiger partial charge in [0.15, 0.2) is 0 Å². The molecular formula is C17H12FN3. The second-order valence-corrected chi connectivity index (χ2v) is 4.94. The van der Waals surface area contributed by atoms with Crippen molar-refractivity contribution < 1.29 is 4.39 Å². The van der Waals surface area contributed by atoms with Gasteiger partial charge in [0.2, 0.25) is 0 Å².